The van der Waals surface area contributed by atoms with Crippen LogP contribution in [0.2, 0.25) is 0 Å². The van der Waals surface area contributed by atoms with E-state index >= 15 is 0 Å². The van der Waals surface area contributed by atoms with E-state index in [9.17, 15) is 19.8 Å². The van der Waals surface area contributed by atoms with Crippen molar-refractivity contribution in [1.29, 1.82) is 0 Å². The molecule has 1 amide bonds. The third kappa shape index (κ3) is 42.1. The summed E-state index contributed by atoms with van der Waals surface area (Å²) in [5.74, 6) is -0.530. The molecule has 59 heavy (non-hydrogen) atoms. The maximum Gasteiger partial charge on any atom is 0.306 e. The summed E-state index contributed by atoms with van der Waals surface area (Å²) in [6, 6.07) is -0.714. The van der Waals surface area contributed by atoms with Gasteiger partial charge in [-0.2, -0.15) is 0 Å². The summed E-state index contributed by atoms with van der Waals surface area (Å²) in [7, 11) is 0. The Labute approximate surface area is 365 Å². The SMILES string of the molecule is CCCCC/C=C/C=C/C=C/C=C/CCCCCCCC(=O)OC(CCC/C=C\CCCCCCCC)CC(=O)NC(CO)C(O)CCCCCCCCCCCCC. The highest BCUT2D eigenvalue weighted by Crippen LogP contribution is 2.17. The lowest BCUT2D eigenvalue weighted by molar-refractivity contribution is -0.151. The molecule has 342 valence electrons. The molecule has 0 radical (unpaired) electrons. The zero-order valence-electron chi connectivity index (χ0n) is 38.9. The topological polar surface area (TPSA) is 95.9 Å². The Morgan fingerprint density at radius 3 is 1.42 bits per heavy atom. The van der Waals surface area contributed by atoms with Crippen LogP contribution < -0.4 is 5.32 Å². The average molecular weight is 826 g/mol. The molecule has 3 unspecified atom stereocenters. The minimum Gasteiger partial charge on any atom is -0.462 e. The summed E-state index contributed by atoms with van der Waals surface area (Å²) in [5.41, 5.74) is 0. The Bertz CT molecular complexity index is 1060. The third-order valence-corrected chi connectivity index (χ3v) is 11.2. The van der Waals surface area contributed by atoms with Crippen molar-refractivity contribution in [2.75, 3.05) is 6.61 Å². The largest absolute Gasteiger partial charge is 0.462 e. The predicted molar refractivity (Wildman–Crippen MR) is 255 cm³/mol. The second-order valence-corrected chi connectivity index (χ2v) is 17.0. The second-order valence-electron chi connectivity index (χ2n) is 17.0. The fraction of sp³-hybridized carbons (Fsp3) is 0.774. The first-order valence-electron chi connectivity index (χ1n) is 25.1. The number of aliphatic hydroxyl groups excluding tert-OH is 2. The van der Waals surface area contributed by atoms with Gasteiger partial charge in [0.25, 0.3) is 0 Å². The summed E-state index contributed by atoms with van der Waals surface area (Å²) in [5, 5.41) is 23.7. The first-order chi connectivity index (χ1) is 29.0. The molecule has 0 aliphatic heterocycles. The van der Waals surface area contributed by atoms with Crippen molar-refractivity contribution in [3.63, 3.8) is 0 Å². The molecule has 0 bridgehead atoms. The Hall–Kier alpha value is -2.44. The number of carbonyl (C=O) groups is 2. The Morgan fingerprint density at radius 2 is 0.898 bits per heavy atom. The number of allylic oxidation sites excluding steroid dienone is 10. The van der Waals surface area contributed by atoms with Crippen LogP contribution in [-0.2, 0) is 14.3 Å². The van der Waals surface area contributed by atoms with E-state index in [4.69, 9.17) is 4.74 Å². The lowest BCUT2D eigenvalue weighted by Crippen LogP contribution is -2.46. The number of rotatable bonds is 44. The molecule has 0 aromatic rings. The summed E-state index contributed by atoms with van der Waals surface area (Å²) in [4.78, 5) is 26.1. The third-order valence-electron chi connectivity index (χ3n) is 11.2. The van der Waals surface area contributed by atoms with Crippen LogP contribution in [0.25, 0.3) is 0 Å². The van der Waals surface area contributed by atoms with Gasteiger partial charge in [-0.3, -0.25) is 9.59 Å². The Morgan fingerprint density at radius 1 is 0.492 bits per heavy atom. The number of esters is 1. The van der Waals surface area contributed by atoms with Gasteiger partial charge in [0.15, 0.2) is 0 Å². The molecular formula is C53H95NO5. The molecule has 0 heterocycles. The van der Waals surface area contributed by atoms with Crippen molar-refractivity contribution < 1.29 is 24.5 Å². The molecule has 0 aromatic carbocycles. The van der Waals surface area contributed by atoms with E-state index in [2.05, 4.69) is 86.8 Å². The number of hydrogen-bond acceptors (Lipinski definition) is 5. The monoisotopic (exact) mass is 826 g/mol. The first-order valence-corrected chi connectivity index (χ1v) is 25.1. The molecule has 0 aliphatic rings. The van der Waals surface area contributed by atoms with Gasteiger partial charge in [0.2, 0.25) is 5.91 Å². The molecule has 0 rings (SSSR count). The van der Waals surface area contributed by atoms with E-state index < -0.39 is 18.2 Å². The van der Waals surface area contributed by atoms with Gasteiger partial charge in [-0.1, -0.05) is 216 Å². The van der Waals surface area contributed by atoms with Crippen molar-refractivity contribution in [1.82, 2.24) is 5.32 Å². The smallest absolute Gasteiger partial charge is 0.306 e. The van der Waals surface area contributed by atoms with Gasteiger partial charge in [0, 0.05) is 6.42 Å². The molecule has 0 saturated heterocycles. The summed E-state index contributed by atoms with van der Waals surface area (Å²) in [6.07, 6.45) is 57.1. The van der Waals surface area contributed by atoms with Gasteiger partial charge >= 0.3 is 5.97 Å². The number of amides is 1. The second kappa shape index (κ2) is 46.6. The number of hydrogen-bond donors (Lipinski definition) is 3. The van der Waals surface area contributed by atoms with Crippen LogP contribution in [0.3, 0.4) is 0 Å². The number of ether oxygens (including phenoxy) is 1. The molecule has 0 saturated carbocycles. The van der Waals surface area contributed by atoms with E-state index in [0.717, 1.165) is 83.5 Å². The van der Waals surface area contributed by atoms with Crippen molar-refractivity contribution in [3.8, 4) is 0 Å². The zero-order valence-corrected chi connectivity index (χ0v) is 38.9. The zero-order chi connectivity index (χ0) is 43.1. The quantitative estimate of drug-likeness (QED) is 0.0246. The lowest BCUT2D eigenvalue weighted by Gasteiger charge is -2.24. The van der Waals surface area contributed by atoms with Crippen LogP contribution in [0.15, 0.2) is 60.8 Å². The number of aliphatic hydroxyl groups is 2. The van der Waals surface area contributed by atoms with Gasteiger partial charge in [0.05, 0.1) is 25.2 Å². The Kier molecular flexibility index (Phi) is 44.7. The van der Waals surface area contributed by atoms with Crippen LogP contribution in [0.5, 0.6) is 0 Å². The first kappa shape index (κ1) is 56.6. The maximum absolute atomic E-state index is 13.2. The molecule has 6 nitrogen and oxygen atoms in total. The minimum atomic E-state index is -0.798. The van der Waals surface area contributed by atoms with Crippen LogP contribution in [-0.4, -0.2) is 46.9 Å². The molecule has 3 N–H and O–H groups in total. The maximum atomic E-state index is 13.2. The van der Waals surface area contributed by atoms with Gasteiger partial charge in [-0.25, -0.2) is 0 Å². The molecule has 0 fully saturated rings. The van der Waals surface area contributed by atoms with E-state index in [0.29, 0.717) is 19.3 Å². The van der Waals surface area contributed by atoms with Crippen LogP contribution in [0.4, 0.5) is 0 Å². The van der Waals surface area contributed by atoms with Crippen molar-refractivity contribution in [2.24, 2.45) is 0 Å². The molecule has 0 aromatic heterocycles. The fourth-order valence-electron chi connectivity index (χ4n) is 7.32. The van der Waals surface area contributed by atoms with E-state index in [-0.39, 0.29) is 24.9 Å². The predicted octanol–water partition coefficient (Wildman–Crippen LogP) is 14.8. The molecule has 0 spiro atoms. The van der Waals surface area contributed by atoms with Crippen LogP contribution >= 0.6 is 0 Å². The highest BCUT2D eigenvalue weighted by Gasteiger charge is 2.24. The van der Waals surface area contributed by atoms with Gasteiger partial charge in [-0.15, -0.1) is 0 Å². The standard InChI is InChI=1S/C53H95NO5/c1-4-7-10-13-16-19-22-23-24-25-26-27-28-31-34-37-40-43-46-53(58)59-49(44-41-38-35-32-29-20-17-14-11-8-5-2)47-52(57)54-50(48-55)51(56)45-42-39-36-33-30-21-18-15-12-9-6-3/h16,19,22-27,32,35,49-51,55-56H,4-15,17-18,20-21,28-31,33-34,36-48H2,1-3H3,(H,54,57)/b19-16+,23-22+,25-24+,27-26+,35-32-. The lowest BCUT2D eigenvalue weighted by atomic mass is 10.0. The van der Waals surface area contributed by atoms with Crippen LogP contribution in [0, 0.1) is 0 Å². The molecular weight excluding hydrogens is 731 g/mol. The fourth-order valence-corrected chi connectivity index (χ4v) is 7.32. The number of unbranched alkanes of at least 4 members (excludes halogenated alkanes) is 25. The minimum absolute atomic E-state index is 0.0457. The number of carbonyl (C=O) groups excluding carboxylic acids is 2. The highest BCUT2D eigenvalue weighted by molar-refractivity contribution is 5.77. The van der Waals surface area contributed by atoms with E-state index in [1.165, 1.54) is 109 Å². The molecule has 0 aliphatic carbocycles. The van der Waals surface area contributed by atoms with Crippen molar-refractivity contribution >= 4 is 11.9 Å². The van der Waals surface area contributed by atoms with E-state index in [1.807, 2.05) is 0 Å². The van der Waals surface area contributed by atoms with Crippen molar-refractivity contribution in [2.45, 2.75) is 257 Å². The summed E-state index contributed by atoms with van der Waals surface area (Å²) >= 11 is 0. The highest BCUT2D eigenvalue weighted by atomic mass is 16.5. The van der Waals surface area contributed by atoms with Gasteiger partial charge in [-0.05, 0) is 70.6 Å². The average Bonchev–Trinajstić information content (AvgIpc) is 3.23. The normalized spacial score (nSPS) is 13.8. The van der Waals surface area contributed by atoms with Gasteiger partial charge in [0.1, 0.15) is 6.10 Å². The molecule has 6 heteroatoms. The number of nitrogens with one attached hydrogen (secondary N) is 1. The summed E-state index contributed by atoms with van der Waals surface area (Å²) in [6.45, 7) is 6.41. The van der Waals surface area contributed by atoms with Gasteiger partial charge < -0.3 is 20.3 Å². The Balaban J connectivity index is 4.62. The summed E-state index contributed by atoms with van der Waals surface area (Å²) < 4.78 is 5.89. The van der Waals surface area contributed by atoms with E-state index in [1.54, 1.807) is 0 Å². The molecule has 3 atom stereocenters. The van der Waals surface area contributed by atoms with Crippen molar-refractivity contribution in [3.05, 3.63) is 60.8 Å². The van der Waals surface area contributed by atoms with Crippen LogP contribution in [0.1, 0.15) is 239 Å².